The summed E-state index contributed by atoms with van der Waals surface area (Å²) in [7, 11) is 0. The second-order valence-electron chi connectivity index (χ2n) is 12.9. The van der Waals surface area contributed by atoms with Crippen LogP contribution in [-0.4, -0.2) is 11.1 Å². The monoisotopic (exact) mass is 575 g/mol. The fraction of sp³-hybridized carbons (Fsp3) is 0.872. The number of hydrogen-bond acceptors (Lipinski definition) is 1. The molecule has 0 aliphatic rings. The van der Waals surface area contributed by atoms with E-state index in [-0.39, 0.29) is 0 Å². The Morgan fingerprint density at radius 2 is 0.732 bits per heavy atom. The Hall–Kier alpha value is -1.05. The molecule has 0 radical (unpaired) electrons. The third-order valence-electron chi connectivity index (χ3n) is 8.73. The van der Waals surface area contributed by atoms with Crippen molar-refractivity contribution in [1.82, 2.24) is 0 Å². The number of carboxylic acids is 1. The number of allylic oxidation sites excluding steroid dienone is 3. The molecule has 1 N–H and O–H groups in total. The van der Waals surface area contributed by atoms with E-state index in [2.05, 4.69) is 19.9 Å². The van der Waals surface area contributed by atoms with Gasteiger partial charge in [0.05, 0.1) is 0 Å². The van der Waals surface area contributed by atoms with Gasteiger partial charge in [-0.15, -0.1) is 0 Å². The van der Waals surface area contributed by atoms with Crippen LogP contribution >= 0.6 is 0 Å². The summed E-state index contributed by atoms with van der Waals surface area (Å²) in [5.41, 5.74) is 0.576. The van der Waals surface area contributed by atoms with Crippen LogP contribution in [0.3, 0.4) is 0 Å². The van der Waals surface area contributed by atoms with Crippen LogP contribution in [0.25, 0.3) is 0 Å². The smallest absolute Gasteiger partial charge is 0.331 e. The van der Waals surface area contributed by atoms with Crippen molar-refractivity contribution in [2.75, 3.05) is 0 Å². The third-order valence-corrected chi connectivity index (χ3v) is 8.73. The van der Waals surface area contributed by atoms with Gasteiger partial charge in [-0.2, -0.15) is 0 Å². The molecule has 2 nitrogen and oxygen atoms in total. The molecule has 0 aromatic rings. The van der Waals surface area contributed by atoms with Crippen molar-refractivity contribution >= 4 is 5.97 Å². The molecule has 0 aromatic carbocycles. The number of aliphatic carboxylic acids is 1. The van der Waals surface area contributed by atoms with Gasteiger partial charge in [0.15, 0.2) is 0 Å². The fourth-order valence-corrected chi connectivity index (χ4v) is 5.86. The maximum atomic E-state index is 11.6. The zero-order valence-electron chi connectivity index (χ0n) is 28.2. The van der Waals surface area contributed by atoms with Crippen molar-refractivity contribution in [3.63, 3.8) is 0 Å². The van der Waals surface area contributed by atoms with E-state index in [1.807, 2.05) is 12.2 Å². The zero-order valence-corrected chi connectivity index (χ0v) is 28.2. The molecule has 0 aliphatic heterocycles. The van der Waals surface area contributed by atoms with E-state index in [1.54, 1.807) is 0 Å². The van der Waals surface area contributed by atoms with Crippen molar-refractivity contribution < 1.29 is 9.90 Å². The van der Waals surface area contributed by atoms with Crippen molar-refractivity contribution in [2.24, 2.45) is 0 Å². The summed E-state index contributed by atoms with van der Waals surface area (Å²) < 4.78 is 0. The second kappa shape index (κ2) is 35.1. The largest absolute Gasteiger partial charge is 0.478 e. The highest BCUT2D eigenvalue weighted by atomic mass is 16.4. The van der Waals surface area contributed by atoms with E-state index in [0.29, 0.717) is 12.0 Å². The van der Waals surface area contributed by atoms with Gasteiger partial charge in [-0.1, -0.05) is 212 Å². The molecule has 0 atom stereocenters. The van der Waals surface area contributed by atoms with Gasteiger partial charge in [0, 0.05) is 5.57 Å². The fourth-order valence-electron chi connectivity index (χ4n) is 5.86. The van der Waals surface area contributed by atoms with E-state index in [1.165, 1.54) is 180 Å². The molecular formula is C39H74O2. The standard InChI is InChI=1S/C39H74O2/c1-3-5-7-9-11-13-15-17-19-21-23-25-27-29-31-33-35-37-38(39(40)41)36-34-32-30-28-26-24-22-20-18-16-14-12-10-8-6-4-2/h32,34,36H,3-31,33,35,37H2,1-2H3,(H,40,41). The van der Waals surface area contributed by atoms with E-state index < -0.39 is 5.97 Å². The average molecular weight is 575 g/mol. The molecule has 0 aromatic heterocycles. The normalized spacial score (nSPS) is 12.1. The van der Waals surface area contributed by atoms with Crippen LogP contribution in [0.15, 0.2) is 23.8 Å². The molecule has 0 aliphatic carbocycles. The maximum absolute atomic E-state index is 11.6. The lowest BCUT2D eigenvalue weighted by atomic mass is 10.0. The van der Waals surface area contributed by atoms with Crippen LogP contribution in [-0.2, 0) is 4.79 Å². The molecule has 41 heavy (non-hydrogen) atoms. The Labute approximate surface area is 258 Å². The first kappa shape index (κ1) is 40.0. The topological polar surface area (TPSA) is 37.3 Å². The molecule has 0 bridgehead atoms. The van der Waals surface area contributed by atoms with Crippen LogP contribution in [0.5, 0.6) is 0 Å². The molecule has 0 fully saturated rings. The Kier molecular flexibility index (Phi) is 34.2. The Morgan fingerprint density at radius 3 is 1.05 bits per heavy atom. The average Bonchev–Trinajstić information content (AvgIpc) is 2.97. The minimum absolute atomic E-state index is 0.576. The van der Waals surface area contributed by atoms with Crippen LogP contribution < -0.4 is 0 Å². The van der Waals surface area contributed by atoms with Gasteiger partial charge in [0.2, 0.25) is 0 Å². The van der Waals surface area contributed by atoms with Crippen LogP contribution in [0.2, 0.25) is 0 Å². The van der Waals surface area contributed by atoms with Gasteiger partial charge >= 0.3 is 5.97 Å². The summed E-state index contributed by atoms with van der Waals surface area (Å²) >= 11 is 0. The first-order valence-corrected chi connectivity index (χ1v) is 18.8. The molecule has 0 spiro atoms. The summed E-state index contributed by atoms with van der Waals surface area (Å²) in [6.07, 6.45) is 48.8. The Balaban J connectivity index is 3.52. The number of unbranched alkanes of at least 4 members (excludes halogenated alkanes) is 29. The molecule has 0 saturated carbocycles. The van der Waals surface area contributed by atoms with Gasteiger partial charge in [0.1, 0.15) is 0 Å². The molecule has 0 heterocycles. The molecule has 0 amide bonds. The Bertz CT molecular complexity index is 576. The minimum atomic E-state index is -0.743. The summed E-state index contributed by atoms with van der Waals surface area (Å²) in [5.74, 6) is -0.743. The lowest BCUT2D eigenvalue weighted by molar-refractivity contribution is -0.132. The highest BCUT2D eigenvalue weighted by Gasteiger charge is 2.05. The summed E-state index contributed by atoms with van der Waals surface area (Å²) in [4.78, 5) is 11.6. The predicted molar refractivity (Wildman–Crippen MR) is 184 cm³/mol. The van der Waals surface area contributed by atoms with E-state index >= 15 is 0 Å². The SMILES string of the molecule is CCCCCCCCCCCCCCCC=CC=C(CCCCCCCCCCCCCCCCCCC)C(=O)O. The number of carbonyl (C=O) groups is 1. The molecule has 0 saturated heterocycles. The van der Waals surface area contributed by atoms with Crippen molar-refractivity contribution in [2.45, 2.75) is 219 Å². The molecule has 0 unspecified atom stereocenters. The highest BCUT2D eigenvalue weighted by molar-refractivity contribution is 5.86. The highest BCUT2D eigenvalue weighted by Crippen LogP contribution is 2.16. The molecule has 242 valence electrons. The number of hydrogen-bond donors (Lipinski definition) is 1. The Morgan fingerprint density at radius 1 is 0.439 bits per heavy atom. The summed E-state index contributed by atoms with van der Waals surface area (Å²) in [6.45, 7) is 4.57. The van der Waals surface area contributed by atoms with Crippen molar-refractivity contribution in [3.8, 4) is 0 Å². The van der Waals surface area contributed by atoms with Gasteiger partial charge in [-0.25, -0.2) is 4.79 Å². The first-order valence-electron chi connectivity index (χ1n) is 18.8. The van der Waals surface area contributed by atoms with Crippen molar-refractivity contribution in [3.05, 3.63) is 23.8 Å². The van der Waals surface area contributed by atoms with Gasteiger partial charge in [0.25, 0.3) is 0 Å². The second-order valence-corrected chi connectivity index (χ2v) is 12.9. The van der Waals surface area contributed by atoms with Crippen molar-refractivity contribution in [1.29, 1.82) is 0 Å². The first-order chi connectivity index (χ1) is 20.2. The maximum Gasteiger partial charge on any atom is 0.331 e. The lowest BCUT2D eigenvalue weighted by Crippen LogP contribution is -2.00. The zero-order chi connectivity index (χ0) is 29.9. The third kappa shape index (κ3) is 33.3. The summed E-state index contributed by atoms with van der Waals surface area (Å²) in [6, 6.07) is 0. The molecular weight excluding hydrogens is 500 g/mol. The quantitative estimate of drug-likeness (QED) is 0.0471. The van der Waals surface area contributed by atoms with Crippen LogP contribution in [0.1, 0.15) is 219 Å². The van der Waals surface area contributed by atoms with Crippen LogP contribution in [0.4, 0.5) is 0 Å². The van der Waals surface area contributed by atoms with Gasteiger partial charge in [-0.3, -0.25) is 0 Å². The molecule has 2 heteroatoms. The lowest BCUT2D eigenvalue weighted by Gasteiger charge is -2.04. The summed E-state index contributed by atoms with van der Waals surface area (Å²) in [5, 5.41) is 9.53. The minimum Gasteiger partial charge on any atom is -0.478 e. The van der Waals surface area contributed by atoms with E-state index in [0.717, 1.165) is 19.3 Å². The van der Waals surface area contributed by atoms with Crippen LogP contribution in [0, 0.1) is 0 Å². The van der Waals surface area contributed by atoms with E-state index in [9.17, 15) is 9.90 Å². The molecule has 0 rings (SSSR count). The van der Waals surface area contributed by atoms with Gasteiger partial charge < -0.3 is 5.11 Å². The van der Waals surface area contributed by atoms with E-state index in [4.69, 9.17) is 0 Å². The number of rotatable bonds is 34. The predicted octanol–water partition coefficient (Wildman–Crippen LogP) is 14.1. The number of carboxylic acid groups (broad SMARTS) is 1. The van der Waals surface area contributed by atoms with Gasteiger partial charge in [-0.05, 0) is 25.7 Å².